The molecule has 0 radical (unpaired) electrons. The van der Waals surface area contributed by atoms with Crippen LogP contribution < -0.4 is 10.1 Å². The lowest BCUT2D eigenvalue weighted by Gasteiger charge is -2.40. The number of benzene rings is 1. The number of carbonyl (C=O) groups excluding carboxylic acids is 1. The summed E-state index contributed by atoms with van der Waals surface area (Å²) in [7, 11) is 0. The van der Waals surface area contributed by atoms with Crippen LogP contribution in [0.2, 0.25) is 0 Å². The zero-order valence-corrected chi connectivity index (χ0v) is 12.2. The number of aliphatic hydroxyl groups is 1. The van der Waals surface area contributed by atoms with Gasteiger partial charge in [-0.15, -0.1) is 0 Å². The maximum absolute atomic E-state index is 11.7. The fourth-order valence-corrected chi connectivity index (χ4v) is 2.44. The van der Waals surface area contributed by atoms with Crippen molar-refractivity contribution in [2.45, 2.75) is 45.1 Å². The SMILES string of the molecule is CC1(C)CCC(O)(CNC(=O)Oc2ccccc2)CC1. The molecule has 0 unspecified atom stereocenters. The van der Waals surface area contributed by atoms with Crippen molar-refractivity contribution in [2.24, 2.45) is 5.41 Å². The lowest BCUT2D eigenvalue weighted by Crippen LogP contribution is -2.47. The van der Waals surface area contributed by atoms with Crippen LogP contribution in [0.25, 0.3) is 0 Å². The van der Waals surface area contributed by atoms with E-state index in [2.05, 4.69) is 19.2 Å². The first kappa shape index (κ1) is 14.9. The van der Waals surface area contributed by atoms with E-state index in [-0.39, 0.29) is 12.0 Å². The van der Waals surface area contributed by atoms with Gasteiger partial charge in [-0.3, -0.25) is 0 Å². The molecule has 2 rings (SSSR count). The number of amides is 1. The van der Waals surface area contributed by atoms with Gasteiger partial charge in [0.25, 0.3) is 0 Å². The third-order valence-corrected chi connectivity index (χ3v) is 4.05. The van der Waals surface area contributed by atoms with Crippen LogP contribution in [0.15, 0.2) is 30.3 Å². The van der Waals surface area contributed by atoms with E-state index in [0.717, 1.165) is 12.8 Å². The Morgan fingerprint density at radius 2 is 1.80 bits per heavy atom. The van der Waals surface area contributed by atoms with Crippen LogP contribution >= 0.6 is 0 Å². The largest absolute Gasteiger partial charge is 0.412 e. The third kappa shape index (κ3) is 4.23. The second kappa shape index (κ2) is 5.83. The van der Waals surface area contributed by atoms with Gasteiger partial charge in [0, 0.05) is 6.54 Å². The van der Waals surface area contributed by atoms with E-state index in [1.807, 2.05) is 6.07 Å². The number of carbonyl (C=O) groups is 1. The van der Waals surface area contributed by atoms with Crippen LogP contribution in [0.1, 0.15) is 39.5 Å². The van der Waals surface area contributed by atoms with Gasteiger partial charge in [-0.05, 0) is 43.2 Å². The lowest BCUT2D eigenvalue weighted by atomic mass is 9.71. The molecular formula is C16H23NO3. The quantitative estimate of drug-likeness (QED) is 0.892. The van der Waals surface area contributed by atoms with Crippen molar-refractivity contribution >= 4 is 6.09 Å². The van der Waals surface area contributed by atoms with E-state index in [4.69, 9.17) is 4.74 Å². The first-order valence-electron chi connectivity index (χ1n) is 7.12. The van der Waals surface area contributed by atoms with E-state index in [9.17, 15) is 9.90 Å². The summed E-state index contributed by atoms with van der Waals surface area (Å²) in [4.78, 5) is 11.7. The molecule has 4 heteroatoms. The molecule has 110 valence electrons. The Hall–Kier alpha value is -1.55. The Bertz CT molecular complexity index is 446. The first-order chi connectivity index (χ1) is 9.39. The summed E-state index contributed by atoms with van der Waals surface area (Å²) >= 11 is 0. The molecule has 1 aliphatic rings. The van der Waals surface area contributed by atoms with Crippen LogP contribution in [0.3, 0.4) is 0 Å². The molecule has 0 aromatic heterocycles. The first-order valence-corrected chi connectivity index (χ1v) is 7.12. The number of nitrogens with one attached hydrogen (secondary N) is 1. The van der Waals surface area contributed by atoms with Crippen molar-refractivity contribution < 1.29 is 14.6 Å². The molecule has 0 bridgehead atoms. The predicted molar refractivity (Wildman–Crippen MR) is 77.7 cm³/mol. The molecule has 0 atom stereocenters. The maximum atomic E-state index is 11.7. The maximum Gasteiger partial charge on any atom is 0.412 e. The Morgan fingerprint density at radius 1 is 1.20 bits per heavy atom. The van der Waals surface area contributed by atoms with E-state index < -0.39 is 11.7 Å². The molecule has 1 amide bonds. The van der Waals surface area contributed by atoms with Crippen molar-refractivity contribution in [1.82, 2.24) is 5.32 Å². The predicted octanol–water partition coefficient (Wildman–Crippen LogP) is 3.11. The van der Waals surface area contributed by atoms with E-state index in [1.165, 1.54) is 0 Å². The number of hydrogen-bond donors (Lipinski definition) is 2. The second-order valence-electron chi connectivity index (χ2n) is 6.44. The van der Waals surface area contributed by atoms with Crippen molar-refractivity contribution in [3.8, 4) is 5.75 Å². The Balaban J connectivity index is 1.79. The van der Waals surface area contributed by atoms with Crippen LogP contribution in [0, 0.1) is 5.41 Å². The number of rotatable bonds is 3. The zero-order chi connectivity index (χ0) is 14.6. The van der Waals surface area contributed by atoms with Gasteiger partial charge < -0.3 is 15.2 Å². The monoisotopic (exact) mass is 277 g/mol. The van der Waals surface area contributed by atoms with Crippen LogP contribution in [0.4, 0.5) is 4.79 Å². The van der Waals surface area contributed by atoms with Gasteiger partial charge in [0.15, 0.2) is 0 Å². The molecule has 1 saturated carbocycles. The normalized spacial score (nSPS) is 20.1. The second-order valence-corrected chi connectivity index (χ2v) is 6.44. The summed E-state index contributed by atoms with van der Waals surface area (Å²) in [6.07, 6.45) is 2.85. The molecule has 0 saturated heterocycles. The van der Waals surface area contributed by atoms with Gasteiger partial charge in [0.2, 0.25) is 0 Å². The highest BCUT2D eigenvalue weighted by Crippen LogP contribution is 2.39. The molecule has 20 heavy (non-hydrogen) atoms. The molecule has 1 aromatic carbocycles. The topological polar surface area (TPSA) is 58.6 Å². The molecule has 0 heterocycles. The Morgan fingerprint density at radius 3 is 2.40 bits per heavy atom. The fraction of sp³-hybridized carbons (Fsp3) is 0.562. The van der Waals surface area contributed by atoms with Crippen LogP contribution in [-0.2, 0) is 0 Å². The average Bonchev–Trinajstić information content (AvgIpc) is 2.42. The standard InChI is InChI=1S/C16H23NO3/c1-15(2)8-10-16(19,11-9-15)12-17-14(18)20-13-6-4-3-5-7-13/h3-7,19H,8-12H2,1-2H3,(H,17,18). The molecule has 2 N–H and O–H groups in total. The van der Waals surface area contributed by atoms with E-state index in [1.54, 1.807) is 24.3 Å². The highest BCUT2D eigenvalue weighted by Gasteiger charge is 2.36. The molecule has 0 aliphatic heterocycles. The molecule has 1 aromatic rings. The van der Waals surface area contributed by atoms with Gasteiger partial charge >= 0.3 is 6.09 Å². The van der Waals surface area contributed by atoms with Gasteiger partial charge in [-0.2, -0.15) is 0 Å². The van der Waals surface area contributed by atoms with Crippen molar-refractivity contribution in [1.29, 1.82) is 0 Å². The lowest BCUT2D eigenvalue weighted by molar-refractivity contribution is -0.0231. The molecule has 1 fully saturated rings. The minimum absolute atomic E-state index is 0.245. The molecule has 4 nitrogen and oxygen atoms in total. The number of ether oxygens (including phenoxy) is 1. The summed E-state index contributed by atoms with van der Waals surface area (Å²) < 4.78 is 5.13. The average molecular weight is 277 g/mol. The van der Waals surface area contributed by atoms with E-state index >= 15 is 0 Å². The minimum atomic E-state index is -0.800. The Labute approximate surface area is 120 Å². The molecular weight excluding hydrogens is 254 g/mol. The van der Waals surface area contributed by atoms with Crippen molar-refractivity contribution in [3.05, 3.63) is 30.3 Å². The summed E-state index contributed by atoms with van der Waals surface area (Å²) in [5.74, 6) is 0.502. The Kier molecular flexibility index (Phi) is 4.33. The van der Waals surface area contributed by atoms with Gasteiger partial charge in [0.05, 0.1) is 5.60 Å². The fourth-order valence-electron chi connectivity index (χ4n) is 2.44. The third-order valence-electron chi connectivity index (χ3n) is 4.05. The summed E-state index contributed by atoms with van der Waals surface area (Å²) in [6.45, 7) is 4.67. The van der Waals surface area contributed by atoms with Crippen LogP contribution in [0.5, 0.6) is 5.75 Å². The van der Waals surface area contributed by atoms with E-state index in [0.29, 0.717) is 18.6 Å². The smallest absolute Gasteiger partial charge is 0.410 e. The molecule has 1 aliphatic carbocycles. The highest BCUT2D eigenvalue weighted by atomic mass is 16.6. The van der Waals surface area contributed by atoms with Gasteiger partial charge in [-0.25, -0.2) is 4.79 Å². The van der Waals surface area contributed by atoms with Crippen LogP contribution in [-0.4, -0.2) is 23.3 Å². The highest BCUT2D eigenvalue weighted by molar-refractivity contribution is 5.70. The summed E-state index contributed by atoms with van der Waals surface area (Å²) in [5.41, 5.74) is -0.512. The summed E-state index contributed by atoms with van der Waals surface area (Å²) in [6, 6.07) is 8.91. The van der Waals surface area contributed by atoms with Gasteiger partial charge in [-0.1, -0.05) is 32.0 Å². The number of hydrogen-bond acceptors (Lipinski definition) is 3. The summed E-state index contributed by atoms with van der Waals surface area (Å²) in [5, 5.41) is 13.1. The number of para-hydroxylation sites is 1. The molecule has 0 spiro atoms. The van der Waals surface area contributed by atoms with Gasteiger partial charge in [0.1, 0.15) is 5.75 Å². The van der Waals surface area contributed by atoms with Crippen molar-refractivity contribution in [3.63, 3.8) is 0 Å². The minimum Gasteiger partial charge on any atom is -0.410 e. The van der Waals surface area contributed by atoms with Crippen molar-refractivity contribution in [2.75, 3.05) is 6.54 Å². The zero-order valence-electron chi connectivity index (χ0n) is 12.2.